The fourth-order valence-electron chi connectivity index (χ4n) is 2.17. The molecule has 0 aliphatic rings. The Kier molecular flexibility index (Phi) is 11.8. The van der Waals surface area contributed by atoms with Crippen molar-refractivity contribution >= 4 is 41.6 Å². The molecule has 0 rings (SSSR count). The lowest BCUT2D eigenvalue weighted by atomic mass is 10.1. The molecule has 0 aromatic heterocycles. The van der Waals surface area contributed by atoms with Crippen molar-refractivity contribution in [1.82, 2.24) is 16.0 Å². The second-order valence-corrected chi connectivity index (χ2v) is 6.30. The van der Waals surface area contributed by atoms with Gasteiger partial charge in [0.2, 0.25) is 17.7 Å². The Morgan fingerprint density at radius 3 is 1.65 bits per heavy atom. The summed E-state index contributed by atoms with van der Waals surface area (Å²) < 4.78 is 0. The fraction of sp³-hybridized carbons (Fsp3) is 0.562. The largest absolute Gasteiger partial charge is 0.481 e. The number of nitrogens with one attached hydrogen (secondary N) is 3. The molecule has 0 aromatic rings. The minimum Gasteiger partial charge on any atom is -0.481 e. The van der Waals surface area contributed by atoms with E-state index in [1.165, 1.54) is 0 Å². The summed E-state index contributed by atoms with van der Waals surface area (Å²) in [6, 6.07) is -4.58. The van der Waals surface area contributed by atoms with Crippen molar-refractivity contribution in [2.45, 2.75) is 50.2 Å². The van der Waals surface area contributed by atoms with E-state index in [1.54, 1.807) is 0 Å². The standard InChI is InChI=1S/C16H24N4O11/c17-7(1-3-10(21)22)14(29)19-8(2-4-11(23)24)16(31)20-9(5-12(25)26)15(30)18-6-13(27)28/h7-9H,1-6,17H2,(H,18,30)(H,19,29)(H,20,31)(H,21,22)(H,23,24)(H,25,26)(H,27,28). The van der Waals surface area contributed by atoms with Gasteiger partial charge in [-0.2, -0.15) is 0 Å². The predicted octanol–water partition coefficient (Wildman–Crippen LogP) is -3.31. The van der Waals surface area contributed by atoms with Crippen LogP contribution in [0.5, 0.6) is 0 Å². The molecule has 0 spiro atoms. The predicted molar refractivity (Wildman–Crippen MR) is 98.5 cm³/mol. The maximum atomic E-state index is 12.5. The van der Waals surface area contributed by atoms with Gasteiger partial charge in [-0.05, 0) is 12.8 Å². The highest BCUT2D eigenvalue weighted by molar-refractivity contribution is 5.95. The highest BCUT2D eigenvalue weighted by Crippen LogP contribution is 2.03. The van der Waals surface area contributed by atoms with Crippen molar-refractivity contribution in [1.29, 1.82) is 0 Å². The van der Waals surface area contributed by atoms with Gasteiger partial charge >= 0.3 is 23.9 Å². The quantitative estimate of drug-likeness (QED) is 0.122. The van der Waals surface area contributed by atoms with Gasteiger partial charge in [0, 0.05) is 12.8 Å². The Morgan fingerprint density at radius 1 is 0.645 bits per heavy atom. The lowest BCUT2D eigenvalue weighted by Gasteiger charge is -2.23. The minimum absolute atomic E-state index is 0.270. The summed E-state index contributed by atoms with van der Waals surface area (Å²) in [5.41, 5.74) is 5.53. The van der Waals surface area contributed by atoms with Crippen molar-refractivity contribution < 1.29 is 54.0 Å². The third kappa shape index (κ3) is 12.4. The normalized spacial score (nSPS) is 13.2. The Balaban J connectivity index is 5.31. The second-order valence-electron chi connectivity index (χ2n) is 6.30. The van der Waals surface area contributed by atoms with E-state index in [0.717, 1.165) is 0 Å². The molecular formula is C16H24N4O11. The number of hydrogen-bond donors (Lipinski definition) is 8. The van der Waals surface area contributed by atoms with Gasteiger partial charge in [0.15, 0.2) is 0 Å². The van der Waals surface area contributed by atoms with E-state index < -0.39 is 92.0 Å². The van der Waals surface area contributed by atoms with Crippen LogP contribution in [0.3, 0.4) is 0 Å². The molecule has 174 valence electrons. The van der Waals surface area contributed by atoms with E-state index in [4.69, 9.17) is 26.2 Å². The highest BCUT2D eigenvalue weighted by atomic mass is 16.4. The van der Waals surface area contributed by atoms with Gasteiger partial charge in [0.05, 0.1) is 12.5 Å². The maximum Gasteiger partial charge on any atom is 0.322 e. The first-order valence-corrected chi connectivity index (χ1v) is 8.84. The molecule has 0 heterocycles. The van der Waals surface area contributed by atoms with E-state index in [1.807, 2.05) is 10.6 Å². The molecule has 0 bridgehead atoms. The number of carboxylic acid groups (broad SMARTS) is 4. The Morgan fingerprint density at radius 2 is 1.16 bits per heavy atom. The van der Waals surface area contributed by atoms with Gasteiger partial charge in [-0.3, -0.25) is 33.6 Å². The molecular weight excluding hydrogens is 424 g/mol. The SMILES string of the molecule is NC(CCC(=O)O)C(=O)NC(CCC(=O)O)C(=O)NC(CC(=O)O)C(=O)NCC(=O)O. The fourth-order valence-corrected chi connectivity index (χ4v) is 2.17. The molecule has 3 amide bonds. The Hall–Kier alpha value is -3.75. The van der Waals surface area contributed by atoms with Crippen LogP contribution in [-0.2, 0) is 33.6 Å². The molecule has 0 fully saturated rings. The van der Waals surface area contributed by atoms with Crippen LogP contribution in [0.1, 0.15) is 32.1 Å². The first-order chi connectivity index (χ1) is 14.3. The smallest absolute Gasteiger partial charge is 0.322 e. The van der Waals surface area contributed by atoms with Crippen LogP contribution in [-0.4, -0.2) is 86.7 Å². The Bertz CT molecular complexity index is 724. The first-order valence-electron chi connectivity index (χ1n) is 8.84. The average molecular weight is 448 g/mol. The number of rotatable bonds is 15. The summed E-state index contributed by atoms with van der Waals surface area (Å²) in [5, 5.41) is 41.0. The van der Waals surface area contributed by atoms with Crippen molar-refractivity contribution in [3.63, 3.8) is 0 Å². The average Bonchev–Trinajstić information content (AvgIpc) is 2.65. The number of aliphatic carboxylic acids is 4. The van der Waals surface area contributed by atoms with Gasteiger partial charge in [-0.15, -0.1) is 0 Å². The van der Waals surface area contributed by atoms with Crippen LogP contribution in [0.25, 0.3) is 0 Å². The summed E-state index contributed by atoms with van der Waals surface area (Å²) in [6.07, 6.45) is -2.67. The van der Waals surface area contributed by atoms with E-state index >= 15 is 0 Å². The zero-order valence-corrected chi connectivity index (χ0v) is 16.2. The van der Waals surface area contributed by atoms with Crippen molar-refractivity contribution in [2.24, 2.45) is 5.73 Å². The summed E-state index contributed by atoms with van der Waals surface area (Å²) >= 11 is 0. The van der Waals surface area contributed by atoms with Crippen molar-refractivity contribution in [3.05, 3.63) is 0 Å². The van der Waals surface area contributed by atoms with Crippen LogP contribution in [0.15, 0.2) is 0 Å². The highest BCUT2D eigenvalue weighted by Gasteiger charge is 2.30. The monoisotopic (exact) mass is 448 g/mol. The summed E-state index contributed by atoms with van der Waals surface area (Å²) in [5.74, 6) is -8.66. The molecule has 0 saturated carbocycles. The van der Waals surface area contributed by atoms with Crippen molar-refractivity contribution in [2.75, 3.05) is 6.54 Å². The first kappa shape index (κ1) is 27.2. The molecule has 0 saturated heterocycles. The Labute approximate surface area is 175 Å². The molecule has 0 radical (unpaired) electrons. The molecule has 15 nitrogen and oxygen atoms in total. The zero-order chi connectivity index (χ0) is 24.1. The third-order valence-electron chi connectivity index (χ3n) is 3.71. The molecule has 0 aliphatic heterocycles. The van der Waals surface area contributed by atoms with Gasteiger partial charge in [-0.25, -0.2) is 0 Å². The van der Waals surface area contributed by atoms with Gasteiger partial charge in [-0.1, -0.05) is 0 Å². The zero-order valence-electron chi connectivity index (χ0n) is 16.2. The molecule has 15 heteroatoms. The minimum atomic E-state index is -1.71. The van der Waals surface area contributed by atoms with Crippen LogP contribution >= 0.6 is 0 Å². The molecule has 31 heavy (non-hydrogen) atoms. The van der Waals surface area contributed by atoms with Crippen LogP contribution in [0.4, 0.5) is 0 Å². The third-order valence-corrected chi connectivity index (χ3v) is 3.71. The molecule has 9 N–H and O–H groups in total. The van der Waals surface area contributed by atoms with E-state index in [2.05, 4.69) is 5.32 Å². The molecule has 0 aromatic carbocycles. The summed E-state index contributed by atoms with van der Waals surface area (Å²) in [6.45, 7) is -0.845. The van der Waals surface area contributed by atoms with Crippen LogP contribution in [0.2, 0.25) is 0 Å². The van der Waals surface area contributed by atoms with Crippen LogP contribution in [0, 0.1) is 0 Å². The topological polar surface area (TPSA) is 263 Å². The van der Waals surface area contributed by atoms with E-state index in [9.17, 15) is 33.6 Å². The number of carboxylic acids is 4. The molecule has 0 aliphatic carbocycles. The van der Waals surface area contributed by atoms with Gasteiger partial charge in [0.25, 0.3) is 0 Å². The number of hydrogen-bond acceptors (Lipinski definition) is 8. The van der Waals surface area contributed by atoms with E-state index in [-0.39, 0.29) is 6.42 Å². The van der Waals surface area contributed by atoms with E-state index in [0.29, 0.717) is 0 Å². The number of carbonyl (C=O) groups excluding carboxylic acids is 3. The molecule has 3 unspecified atom stereocenters. The molecule has 3 atom stereocenters. The van der Waals surface area contributed by atoms with Crippen molar-refractivity contribution in [3.8, 4) is 0 Å². The summed E-state index contributed by atoms with van der Waals surface area (Å²) in [7, 11) is 0. The van der Waals surface area contributed by atoms with Gasteiger partial charge in [0.1, 0.15) is 18.6 Å². The summed E-state index contributed by atoms with van der Waals surface area (Å²) in [4.78, 5) is 79.4. The number of carbonyl (C=O) groups is 7. The lowest BCUT2D eigenvalue weighted by molar-refractivity contribution is -0.142. The number of nitrogens with two attached hydrogens (primary N) is 1. The van der Waals surface area contributed by atoms with Gasteiger partial charge < -0.3 is 42.1 Å². The maximum absolute atomic E-state index is 12.5. The number of amides is 3. The lowest BCUT2D eigenvalue weighted by Crippen LogP contribution is -2.56. The second kappa shape index (κ2) is 13.5. The van der Waals surface area contributed by atoms with Crippen LogP contribution < -0.4 is 21.7 Å².